The summed E-state index contributed by atoms with van der Waals surface area (Å²) in [5.74, 6) is 0. The molecular formula is C26H41NO3S. The molecule has 1 aromatic heterocycles. The van der Waals surface area contributed by atoms with Gasteiger partial charge in [0.05, 0.1) is 4.90 Å². The normalized spacial score (nSPS) is 11.1. The maximum atomic E-state index is 10.4. The Morgan fingerprint density at radius 1 is 0.742 bits per heavy atom. The zero-order valence-corrected chi connectivity index (χ0v) is 20.7. The largest absolute Gasteiger partial charge is 0.744 e. The van der Waals surface area contributed by atoms with E-state index in [0.29, 0.717) is 0 Å². The number of pyridine rings is 1. The Kier molecular flexibility index (Phi) is 13.3. The van der Waals surface area contributed by atoms with Crippen molar-refractivity contribution in [3.05, 3.63) is 59.4 Å². The van der Waals surface area contributed by atoms with Gasteiger partial charge in [0.1, 0.15) is 16.7 Å². The minimum Gasteiger partial charge on any atom is -0.744 e. The first-order valence-corrected chi connectivity index (χ1v) is 13.1. The lowest BCUT2D eigenvalue weighted by Gasteiger charge is -2.05. The van der Waals surface area contributed by atoms with E-state index in [-0.39, 0.29) is 4.90 Å². The number of rotatable bonds is 12. The molecule has 1 heterocycles. The predicted octanol–water partition coefficient (Wildman–Crippen LogP) is 6.41. The number of unbranched alkanes of at least 4 members (excludes halogenated alkanes) is 9. The van der Waals surface area contributed by atoms with E-state index in [4.69, 9.17) is 0 Å². The van der Waals surface area contributed by atoms with Crippen molar-refractivity contribution in [2.24, 2.45) is 0 Å². The Morgan fingerprint density at radius 3 is 1.74 bits per heavy atom. The van der Waals surface area contributed by atoms with E-state index in [1.165, 1.54) is 94.1 Å². The minimum absolute atomic E-state index is 0.178. The molecule has 5 heteroatoms. The van der Waals surface area contributed by atoms with Gasteiger partial charge in [0, 0.05) is 25.5 Å². The molecule has 0 unspecified atom stereocenters. The van der Waals surface area contributed by atoms with E-state index in [1.807, 2.05) is 6.92 Å². The summed E-state index contributed by atoms with van der Waals surface area (Å²) in [6, 6.07) is 10.3. The molecule has 2 rings (SSSR count). The number of benzene rings is 1. The van der Waals surface area contributed by atoms with Crippen LogP contribution >= 0.6 is 0 Å². The average molecular weight is 448 g/mol. The zero-order chi connectivity index (χ0) is 23.1. The van der Waals surface area contributed by atoms with Gasteiger partial charge < -0.3 is 4.55 Å². The summed E-state index contributed by atoms with van der Waals surface area (Å²) in [4.78, 5) is -0.178. The van der Waals surface area contributed by atoms with Gasteiger partial charge in [0.2, 0.25) is 0 Å². The summed E-state index contributed by atoms with van der Waals surface area (Å²) < 4.78 is 33.6. The smallest absolute Gasteiger partial charge is 0.178 e. The second-order valence-electron chi connectivity index (χ2n) is 8.49. The van der Waals surface area contributed by atoms with Gasteiger partial charge in [-0.3, -0.25) is 0 Å². The molecule has 0 saturated heterocycles. The molecule has 0 atom stereocenters. The summed E-state index contributed by atoms with van der Waals surface area (Å²) in [5.41, 5.74) is 3.68. The monoisotopic (exact) mass is 447 g/mol. The first kappa shape index (κ1) is 27.3. The maximum Gasteiger partial charge on any atom is 0.178 e. The van der Waals surface area contributed by atoms with E-state index >= 15 is 0 Å². The van der Waals surface area contributed by atoms with Crippen LogP contribution in [0.1, 0.15) is 88.0 Å². The van der Waals surface area contributed by atoms with Gasteiger partial charge in [-0.15, -0.1) is 0 Å². The van der Waals surface area contributed by atoms with Crippen LogP contribution in [-0.2, 0) is 16.7 Å². The van der Waals surface area contributed by atoms with Crippen molar-refractivity contribution in [1.82, 2.24) is 0 Å². The van der Waals surface area contributed by atoms with E-state index in [1.54, 1.807) is 12.1 Å². The first-order valence-electron chi connectivity index (χ1n) is 11.7. The third-order valence-electron chi connectivity index (χ3n) is 5.47. The fourth-order valence-electron chi connectivity index (χ4n) is 3.51. The van der Waals surface area contributed by atoms with E-state index < -0.39 is 10.1 Å². The van der Waals surface area contributed by atoms with Crippen LogP contribution in [0.5, 0.6) is 0 Å². The Balaban J connectivity index is 0.000000367. The Morgan fingerprint density at radius 2 is 1.26 bits per heavy atom. The number of aryl methyl sites for hydroxylation is 4. The zero-order valence-electron chi connectivity index (χ0n) is 19.9. The second-order valence-corrected chi connectivity index (χ2v) is 9.87. The molecule has 0 spiro atoms. The summed E-state index contributed by atoms with van der Waals surface area (Å²) >= 11 is 0. The Bertz CT molecular complexity index is 845. The molecule has 0 saturated carbocycles. The van der Waals surface area contributed by atoms with Gasteiger partial charge in [0.25, 0.3) is 0 Å². The van der Waals surface area contributed by atoms with Crippen molar-refractivity contribution in [2.75, 3.05) is 0 Å². The molecule has 0 fully saturated rings. The maximum absolute atomic E-state index is 10.4. The van der Waals surface area contributed by atoms with Crippen LogP contribution in [-0.4, -0.2) is 13.0 Å². The predicted molar refractivity (Wildman–Crippen MR) is 127 cm³/mol. The second kappa shape index (κ2) is 15.1. The standard InChI is InChI=1S/C19H34N.C7H8O3S/c1-4-5-6-7-8-9-10-11-12-13-15-20-16-14-18(2)17-19(20)3;1-6-2-4-7(5-3-6)11(8,9)10/h14,16-17H,4-13,15H2,1-3H3;2-5H,1H3,(H,8,9,10)/q+1;/p-1. The average Bonchev–Trinajstić information content (AvgIpc) is 2.71. The SMILES string of the molecule is CCCCCCCCCCCC[n+]1ccc(C)cc1C.Cc1ccc(S(=O)(=O)[O-])cc1. The molecule has 4 nitrogen and oxygen atoms in total. The molecule has 0 aliphatic carbocycles. The van der Waals surface area contributed by atoms with E-state index in [9.17, 15) is 13.0 Å². The van der Waals surface area contributed by atoms with Gasteiger partial charge in [0.15, 0.2) is 11.9 Å². The van der Waals surface area contributed by atoms with E-state index in [0.717, 1.165) is 5.56 Å². The van der Waals surface area contributed by atoms with Crippen molar-refractivity contribution in [1.29, 1.82) is 0 Å². The van der Waals surface area contributed by atoms with Crippen molar-refractivity contribution in [3.63, 3.8) is 0 Å². The van der Waals surface area contributed by atoms with Gasteiger partial charge in [-0.05, 0) is 38.0 Å². The topological polar surface area (TPSA) is 61.1 Å². The van der Waals surface area contributed by atoms with Crippen LogP contribution in [0.25, 0.3) is 0 Å². The summed E-state index contributed by atoms with van der Waals surface area (Å²) in [7, 11) is -4.27. The number of hydrogen-bond donors (Lipinski definition) is 0. The quantitative estimate of drug-likeness (QED) is 0.214. The van der Waals surface area contributed by atoms with Crippen molar-refractivity contribution in [3.8, 4) is 0 Å². The highest BCUT2D eigenvalue weighted by molar-refractivity contribution is 7.85. The highest BCUT2D eigenvalue weighted by Crippen LogP contribution is 2.11. The van der Waals surface area contributed by atoms with Crippen molar-refractivity contribution < 1.29 is 17.5 Å². The Labute approximate surface area is 190 Å². The van der Waals surface area contributed by atoms with E-state index in [2.05, 4.69) is 43.7 Å². The fraction of sp³-hybridized carbons (Fsp3) is 0.577. The van der Waals surface area contributed by atoms with Crippen molar-refractivity contribution >= 4 is 10.1 Å². The lowest BCUT2D eigenvalue weighted by molar-refractivity contribution is -0.703. The number of aromatic nitrogens is 1. The molecule has 0 bridgehead atoms. The highest BCUT2D eigenvalue weighted by atomic mass is 32.2. The lowest BCUT2D eigenvalue weighted by atomic mass is 10.1. The van der Waals surface area contributed by atoms with Gasteiger partial charge in [-0.1, -0.05) is 76.0 Å². The molecular weight excluding hydrogens is 406 g/mol. The van der Waals surface area contributed by atoms with Crippen LogP contribution in [0.4, 0.5) is 0 Å². The summed E-state index contributed by atoms with van der Waals surface area (Å²) in [6.07, 6.45) is 16.4. The van der Waals surface area contributed by atoms with Crippen LogP contribution in [0, 0.1) is 20.8 Å². The molecule has 0 N–H and O–H groups in total. The summed E-state index contributed by atoms with van der Waals surface area (Å²) in [5, 5.41) is 0. The van der Waals surface area contributed by atoms with Crippen LogP contribution in [0.15, 0.2) is 47.5 Å². The lowest BCUT2D eigenvalue weighted by Crippen LogP contribution is -2.36. The van der Waals surface area contributed by atoms with Crippen molar-refractivity contribution in [2.45, 2.75) is 103 Å². The molecule has 2 aromatic rings. The van der Waals surface area contributed by atoms with Crippen LogP contribution < -0.4 is 4.57 Å². The first-order chi connectivity index (χ1) is 14.7. The van der Waals surface area contributed by atoms with Gasteiger partial charge >= 0.3 is 0 Å². The number of nitrogens with zero attached hydrogens (tertiary/aromatic N) is 1. The molecule has 1 aromatic carbocycles. The molecule has 31 heavy (non-hydrogen) atoms. The molecule has 0 radical (unpaired) electrons. The van der Waals surface area contributed by atoms with Gasteiger partial charge in [-0.25, -0.2) is 13.0 Å². The fourth-order valence-corrected chi connectivity index (χ4v) is 3.98. The van der Waals surface area contributed by atoms with Crippen LogP contribution in [0.2, 0.25) is 0 Å². The molecule has 0 aliphatic heterocycles. The molecule has 174 valence electrons. The van der Waals surface area contributed by atoms with Crippen LogP contribution in [0.3, 0.4) is 0 Å². The third kappa shape index (κ3) is 12.7. The molecule has 0 amide bonds. The highest BCUT2D eigenvalue weighted by Gasteiger charge is 2.05. The molecule has 0 aliphatic rings. The summed E-state index contributed by atoms with van der Waals surface area (Å²) in [6.45, 7) is 9.67. The number of hydrogen-bond acceptors (Lipinski definition) is 3. The van der Waals surface area contributed by atoms with Gasteiger partial charge in [-0.2, -0.15) is 0 Å². The minimum atomic E-state index is -4.27. The third-order valence-corrected chi connectivity index (χ3v) is 6.32. The Hall–Kier alpha value is -1.72.